The fourth-order valence-corrected chi connectivity index (χ4v) is 2.66. The van der Waals surface area contributed by atoms with Crippen molar-refractivity contribution < 1.29 is 14.3 Å². The van der Waals surface area contributed by atoms with E-state index >= 15 is 0 Å². The lowest BCUT2D eigenvalue weighted by Crippen LogP contribution is -2.35. The van der Waals surface area contributed by atoms with Crippen molar-refractivity contribution in [3.8, 4) is 5.75 Å². The van der Waals surface area contributed by atoms with Crippen LogP contribution in [0.1, 0.15) is 48.5 Å². The molecule has 0 aliphatic heterocycles. The van der Waals surface area contributed by atoms with E-state index in [1.54, 1.807) is 37.5 Å². The molecule has 148 valence electrons. The van der Waals surface area contributed by atoms with Crippen molar-refractivity contribution in [2.45, 2.75) is 32.6 Å². The van der Waals surface area contributed by atoms with Crippen molar-refractivity contribution in [2.75, 3.05) is 13.7 Å². The molecule has 0 saturated carbocycles. The highest BCUT2D eigenvalue weighted by Crippen LogP contribution is 2.14. The van der Waals surface area contributed by atoms with Crippen LogP contribution in [0.3, 0.4) is 0 Å². The number of carbonyl (C=O) groups excluding carboxylic acids is 2. The zero-order valence-electron chi connectivity index (χ0n) is 16.5. The highest BCUT2D eigenvalue weighted by atomic mass is 16.5. The normalized spacial score (nSPS) is 11.0. The Labute approximate surface area is 166 Å². The topological polar surface area (TPSA) is 67.4 Å². The Hall–Kier alpha value is -3.08. The summed E-state index contributed by atoms with van der Waals surface area (Å²) < 4.78 is 5.16. The first-order chi connectivity index (χ1) is 13.6. The van der Waals surface area contributed by atoms with Gasteiger partial charge in [-0.2, -0.15) is 0 Å². The average molecular weight is 380 g/mol. The monoisotopic (exact) mass is 380 g/mol. The van der Waals surface area contributed by atoms with Gasteiger partial charge in [-0.15, -0.1) is 0 Å². The van der Waals surface area contributed by atoms with Gasteiger partial charge in [-0.3, -0.25) is 9.59 Å². The summed E-state index contributed by atoms with van der Waals surface area (Å²) in [5.74, 6) is 0.116. The second kappa shape index (κ2) is 11.6. The lowest BCUT2D eigenvalue weighted by molar-refractivity contribution is -0.117. The highest BCUT2D eigenvalue weighted by molar-refractivity contribution is 6.05. The summed E-state index contributed by atoms with van der Waals surface area (Å²) in [7, 11) is 1.60. The van der Waals surface area contributed by atoms with E-state index < -0.39 is 0 Å². The number of hydrogen-bond donors (Lipinski definition) is 2. The van der Waals surface area contributed by atoms with Crippen LogP contribution in [-0.4, -0.2) is 25.5 Å². The molecule has 2 N–H and O–H groups in total. The van der Waals surface area contributed by atoms with E-state index in [0.29, 0.717) is 12.1 Å². The van der Waals surface area contributed by atoms with E-state index in [1.807, 2.05) is 30.3 Å². The van der Waals surface area contributed by atoms with E-state index in [1.165, 1.54) is 0 Å². The van der Waals surface area contributed by atoms with Gasteiger partial charge in [-0.05, 0) is 42.3 Å². The maximum Gasteiger partial charge on any atom is 0.267 e. The molecular weight excluding hydrogens is 352 g/mol. The summed E-state index contributed by atoms with van der Waals surface area (Å²) in [5, 5.41) is 5.64. The third-order valence-electron chi connectivity index (χ3n) is 4.27. The molecule has 2 amide bonds. The molecule has 0 heterocycles. The Morgan fingerprint density at radius 2 is 1.68 bits per heavy atom. The molecule has 2 rings (SSSR count). The third-order valence-corrected chi connectivity index (χ3v) is 4.27. The number of unbranched alkanes of at least 4 members (excludes halogenated alkanes) is 3. The van der Waals surface area contributed by atoms with Gasteiger partial charge in [0.1, 0.15) is 11.4 Å². The second-order valence-corrected chi connectivity index (χ2v) is 6.47. The van der Waals surface area contributed by atoms with Gasteiger partial charge in [0.05, 0.1) is 7.11 Å². The number of carbonyl (C=O) groups is 2. The number of benzene rings is 2. The van der Waals surface area contributed by atoms with E-state index in [2.05, 4.69) is 17.6 Å². The largest absolute Gasteiger partial charge is 0.497 e. The maximum atomic E-state index is 12.7. The number of methoxy groups -OCH3 is 1. The van der Waals surface area contributed by atoms with Crippen LogP contribution in [0.5, 0.6) is 5.75 Å². The molecule has 0 fully saturated rings. The molecule has 0 bridgehead atoms. The average Bonchev–Trinajstić information content (AvgIpc) is 2.74. The standard InChI is InChI=1S/C23H28N2O3/c1-3-4-5-9-16-24-23(27)21(17-18-12-14-20(28-2)15-13-18)25-22(26)19-10-7-6-8-11-19/h6-8,10-15,17H,3-5,9,16H2,1-2H3,(H,24,27)(H,25,26)/b21-17+. The fourth-order valence-electron chi connectivity index (χ4n) is 2.66. The van der Waals surface area contributed by atoms with Gasteiger partial charge in [-0.1, -0.05) is 56.5 Å². The van der Waals surface area contributed by atoms with Crippen molar-refractivity contribution in [1.82, 2.24) is 10.6 Å². The molecule has 5 heteroatoms. The predicted molar refractivity (Wildman–Crippen MR) is 112 cm³/mol. The molecule has 0 saturated heterocycles. The molecule has 0 aromatic heterocycles. The van der Waals surface area contributed by atoms with Crippen LogP contribution in [0.25, 0.3) is 6.08 Å². The van der Waals surface area contributed by atoms with Crippen molar-refractivity contribution in [3.05, 3.63) is 71.4 Å². The highest BCUT2D eigenvalue weighted by Gasteiger charge is 2.14. The smallest absolute Gasteiger partial charge is 0.267 e. The maximum absolute atomic E-state index is 12.7. The van der Waals surface area contributed by atoms with E-state index in [9.17, 15) is 9.59 Å². The Morgan fingerprint density at radius 3 is 2.32 bits per heavy atom. The van der Waals surface area contributed by atoms with Crippen molar-refractivity contribution in [3.63, 3.8) is 0 Å². The Kier molecular flexibility index (Phi) is 8.79. The SMILES string of the molecule is CCCCCCNC(=O)/C(=C\c1ccc(OC)cc1)NC(=O)c1ccccc1. The van der Waals surface area contributed by atoms with Gasteiger partial charge >= 0.3 is 0 Å². The van der Waals surface area contributed by atoms with Gasteiger partial charge in [0.2, 0.25) is 0 Å². The van der Waals surface area contributed by atoms with E-state index in [4.69, 9.17) is 4.74 Å². The van der Waals surface area contributed by atoms with Crippen LogP contribution in [0, 0.1) is 0 Å². The number of rotatable bonds is 10. The molecule has 0 unspecified atom stereocenters. The summed E-state index contributed by atoms with van der Waals surface area (Å²) in [5.41, 5.74) is 1.51. The number of hydrogen-bond acceptors (Lipinski definition) is 3. The van der Waals surface area contributed by atoms with Crippen molar-refractivity contribution in [2.24, 2.45) is 0 Å². The Bertz CT molecular complexity index is 783. The molecule has 0 aliphatic carbocycles. The molecule has 0 spiro atoms. The fraction of sp³-hybridized carbons (Fsp3) is 0.304. The molecular formula is C23H28N2O3. The van der Waals surface area contributed by atoms with Gasteiger partial charge in [0.15, 0.2) is 0 Å². The molecule has 0 atom stereocenters. The predicted octanol–water partition coefficient (Wildman–Crippen LogP) is 4.16. The first-order valence-corrected chi connectivity index (χ1v) is 9.64. The van der Waals surface area contributed by atoms with Crippen LogP contribution in [-0.2, 0) is 4.79 Å². The van der Waals surface area contributed by atoms with E-state index in [-0.39, 0.29) is 17.5 Å². The summed E-state index contributed by atoms with van der Waals surface area (Å²) in [6, 6.07) is 16.1. The minimum atomic E-state index is -0.318. The lowest BCUT2D eigenvalue weighted by atomic mass is 10.1. The van der Waals surface area contributed by atoms with Crippen LogP contribution in [0.4, 0.5) is 0 Å². The van der Waals surface area contributed by atoms with Crippen molar-refractivity contribution >= 4 is 17.9 Å². The third kappa shape index (κ3) is 6.91. The summed E-state index contributed by atoms with van der Waals surface area (Å²) in [6.07, 6.45) is 5.95. The second-order valence-electron chi connectivity index (χ2n) is 6.47. The number of nitrogens with one attached hydrogen (secondary N) is 2. The van der Waals surface area contributed by atoms with Gasteiger partial charge < -0.3 is 15.4 Å². The number of amides is 2. The lowest BCUT2D eigenvalue weighted by Gasteiger charge is -2.11. The van der Waals surface area contributed by atoms with Crippen LogP contribution in [0.15, 0.2) is 60.3 Å². The Balaban J connectivity index is 2.12. The molecule has 0 aliphatic rings. The van der Waals surface area contributed by atoms with Crippen LogP contribution >= 0.6 is 0 Å². The summed E-state index contributed by atoms with van der Waals surface area (Å²) in [6.45, 7) is 2.73. The minimum Gasteiger partial charge on any atom is -0.497 e. The molecule has 5 nitrogen and oxygen atoms in total. The molecule has 0 radical (unpaired) electrons. The Morgan fingerprint density at radius 1 is 0.964 bits per heavy atom. The first-order valence-electron chi connectivity index (χ1n) is 9.64. The van der Waals surface area contributed by atoms with E-state index in [0.717, 1.165) is 37.0 Å². The van der Waals surface area contributed by atoms with Crippen molar-refractivity contribution in [1.29, 1.82) is 0 Å². The number of ether oxygens (including phenoxy) is 1. The molecule has 2 aromatic carbocycles. The zero-order chi connectivity index (χ0) is 20.2. The molecule has 28 heavy (non-hydrogen) atoms. The minimum absolute atomic E-state index is 0.217. The zero-order valence-corrected chi connectivity index (χ0v) is 16.5. The van der Waals surface area contributed by atoms with Gasteiger partial charge in [-0.25, -0.2) is 0 Å². The first kappa shape index (κ1) is 21.2. The van der Waals surface area contributed by atoms with Crippen LogP contribution in [0.2, 0.25) is 0 Å². The summed E-state index contributed by atoms with van der Waals surface area (Å²) >= 11 is 0. The van der Waals surface area contributed by atoms with Gasteiger partial charge in [0, 0.05) is 12.1 Å². The van der Waals surface area contributed by atoms with Crippen LogP contribution < -0.4 is 15.4 Å². The molecule has 2 aromatic rings. The summed E-state index contributed by atoms with van der Waals surface area (Å²) in [4.78, 5) is 25.2. The quantitative estimate of drug-likeness (QED) is 0.480. The van der Waals surface area contributed by atoms with Gasteiger partial charge in [0.25, 0.3) is 11.8 Å².